The Labute approximate surface area is 159 Å². The third-order valence-corrected chi connectivity index (χ3v) is 5.65. The summed E-state index contributed by atoms with van der Waals surface area (Å²) in [5.74, 6) is 0.191. The molecule has 2 aromatic rings. The zero-order valence-corrected chi connectivity index (χ0v) is 16.2. The first-order valence-corrected chi connectivity index (χ1v) is 9.83. The Bertz CT molecular complexity index is 792. The van der Waals surface area contributed by atoms with E-state index in [-0.39, 0.29) is 23.0 Å². The summed E-state index contributed by atoms with van der Waals surface area (Å²) in [6.45, 7) is 1.87. The van der Waals surface area contributed by atoms with Crippen molar-refractivity contribution in [2.24, 2.45) is 5.92 Å². The molecule has 4 nitrogen and oxygen atoms in total. The standard InChI is InChI=1S/C19H19BrN2O2S/c1-12(18(23)22-17-8-3-2-7-16(17)20)25-15-6-4-5-14(11-15)21-19(24)13-9-10-13/h2-8,11-13H,9-10H2,1H3,(H,21,24)(H,22,23). The lowest BCUT2D eigenvalue weighted by atomic mass is 10.3. The van der Waals surface area contributed by atoms with Gasteiger partial charge in [-0.05, 0) is 66.0 Å². The van der Waals surface area contributed by atoms with E-state index < -0.39 is 0 Å². The molecule has 0 heterocycles. The Morgan fingerprint density at radius 3 is 2.60 bits per heavy atom. The highest BCUT2D eigenvalue weighted by molar-refractivity contribution is 9.10. The largest absolute Gasteiger partial charge is 0.326 e. The van der Waals surface area contributed by atoms with Crippen LogP contribution in [0.3, 0.4) is 0 Å². The molecule has 25 heavy (non-hydrogen) atoms. The monoisotopic (exact) mass is 418 g/mol. The van der Waals surface area contributed by atoms with Crippen LogP contribution >= 0.6 is 27.7 Å². The molecule has 0 saturated heterocycles. The van der Waals surface area contributed by atoms with Crippen molar-refractivity contribution in [1.82, 2.24) is 0 Å². The van der Waals surface area contributed by atoms with Crippen LogP contribution in [0.2, 0.25) is 0 Å². The molecule has 0 radical (unpaired) electrons. The Hall–Kier alpha value is -1.79. The second-order valence-corrected chi connectivity index (χ2v) is 8.29. The van der Waals surface area contributed by atoms with Crippen LogP contribution in [0.25, 0.3) is 0 Å². The zero-order valence-electron chi connectivity index (χ0n) is 13.8. The highest BCUT2D eigenvalue weighted by atomic mass is 79.9. The number of para-hydroxylation sites is 1. The van der Waals surface area contributed by atoms with Gasteiger partial charge >= 0.3 is 0 Å². The molecule has 1 atom stereocenters. The molecule has 0 spiro atoms. The first kappa shape index (κ1) is 18.0. The molecular weight excluding hydrogens is 400 g/mol. The summed E-state index contributed by atoms with van der Waals surface area (Å²) < 4.78 is 0.852. The van der Waals surface area contributed by atoms with Gasteiger partial charge in [0.25, 0.3) is 0 Å². The number of halogens is 1. The summed E-state index contributed by atoms with van der Waals surface area (Å²) in [4.78, 5) is 25.2. The third-order valence-electron chi connectivity index (χ3n) is 3.86. The van der Waals surface area contributed by atoms with Crippen LogP contribution in [-0.2, 0) is 9.59 Å². The minimum Gasteiger partial charge on any atom is -0.326 e. The van der Waals surface area contributed by atoms with E-state index in [0.29, 0.717) is 0 Å². The number of anilines is 2. The first-order chi connectivity index (χ1) is 12.0. The van der Waals surface area contributed by atoms with Gasteiger partial charge in [0.2, 0.25) is 11.8 Å². The van der Waals surface area contributed by atoms with Crippen molar-refractivity contribution in [3.05, 3.63) is 53.0 Å². The Morgan fingerprint density at radius 2 is 1.88 bits per heavy atom. The van der Waals surface area contributed by atoms with Crippen molar-refractivity contribution < 1.29 is 9.59 Å². The number of carbonyl (C=O) groups excluding carboxylic acids is 2. The van der Waals surface area contributed by atoms with E-state index in [1.807, 2.05) is 55.5 Å². The van der Waals surface area contributed by atoms with Crippen molar-refractivity contribution in [2.75, 3.05) is 10.6 Å². The van der Waals surface area contributed by atoms with Crippen LogP contribution in [0.15, 0.2) is 57.9 Å². The third kappa shape index (κ3) is 5.09. The maximum atomic E-state index is 12.4. The number of carbonyl (C=O) groups is 2. The van der Waals surface area contributed by atoms with Gasteiger partial charge in [-0.2, -0.15) is 0 Å². The Kier molecular flexibility index (Phi) is 5.81. The molecule has 0 aliphatic heterocycles. The number of amides is 2. The maximum Gasteiger partial charge on any atom is 0.237 e. The number of hydrogen-bond donors (Lipinski definition) is 2. The quantitative estimate of drug-likeness (QED) is 0.654. The van der Waals surface area contributed by atoms with Gasteiger partial charge in [-0.1, -0.05) is 18.2 Å². The molecule has 2 aromatic carbocycles. The average Bonchev–Trinajstić information content (AvgIpc) is 3.42. The molecule has 1 aliphatic carbocycles. The fourth-order valence-electron chi connectivity index (χ4n) is 2.29. The smallest absolute Gasteiger partial charge is 0.237 e. The minimum absolute atomic E-state index is 0.0654. The molecule has 2 amide bonds. The summed E-state index contributed by atoms with van der Waals surface area (Å²) >= 11 is 4.89. The highest BCUT2D eigenvalue weighted by Gasteiger charge is 2.29. The Morgan fingerprint density at radius 1 is 1.12 bits per heavy atom. The van der Waals surface area contributed by atoms with Crippen molar-refractivity contribution in [3.8, 4) is 0 Å². The maximum absolute atomic E-state index is 12.4. The van der Waals surface area contributed by atoms with E-state index in [0.717, 1.165) is 33.6 Å². The topological polar surface area (TPSA) is 58.2 Å². The number of benzene rings is 2. The van der Waals surface area contributed by atoms with E-state index in [1.165, 1.54) is 11.8 Å². The summed E-state index contributed by atoms with van der Waals surface area (Å²) in [6, 6.07) is 15.1. The number of nitrogens with one attached hydrogen (secondary N) is 2. The van der Waals surface area contributed by atoms with Crippen LogP contribution in [0.1, 0.15) is 19.8 Å². The van der Waals surface area contributed by atoms with Crippen molar-refractivity contribution in [1.29, 1.82) is 0 Å². The average molecular weight is 419 g/mol. The molecular formula is C19H19BrN2O2S. The van der Waals surface area contributed by atoms with Crippen LogP contribution in [0, 0.1) is 5.92 Å². The summed E-state index contributed by atoms with van der Waals surface area (Å²) in [7, 11) is 0. The van der Waals surface area contributed by atoms with Gasteiger partial charge in [0.1, 0.15) is 0 Å². The minimum atomic E-state index is -0.263. The second-order valence-electron chi connectivity index (χ2n) is 6.02. The predicted molar refractivity (Wildman–Crippen MR) is 106 cm³/mol. The molecule has 1 aliphatic rings. The van der Waals surface area contributed by atoms with E-state index in [1.54, 1.807) is 0 Å². The van der Waals surface area contributed by atoms with Gasteiger partial charge < -0.3 is 10.6 Å². The van der Waals surface area contributed by atoms with Gasteiger partial charge in [-0.3, -0.25) is 9.59 Å². The fourth-order valence-corrected chi connectivity index (χ4v) is 3.60. The van der Waals surface area contributed by atoms with Crippen molar-refractivity contribution in [3.63, 3.8) is 0 Å². The van der Waals surface area contributed by atoms with Gasteiger partial charge in [-0.15, -0.1) is 11.8 Å². The Balaban J connectivity index is 1.60. The van der Waals surface area contributed by atoms with Crippen LogP contribution < -0.4 is 10.6 Å². The van der Waals surface area contributed by atoms with E-state index in [4.69, 9.17) is 0 Å². The van der Waals surface area contributed by atoms with E-state index in [9.17, 15) is 9.59 Å². The summed E-state index contributed by atoms with van der Waals surface area (Å²) in [6.07, 6.45) is 1.96. The molecule has 6 heteroatoms. The fraction of sp³-hybridized carbons (Fsp3) is 0.263. The number of rotatable bonds is 6. The SMILES string of the molecule is CC(Sc1cccc(NC(=O)C2CC2)c1)C(=O)Nc1ccccc1Br. The molecule has 1 unspecified atom stereocenters. The zero-order chi connectivity index (χ0) is 17.8. The van der Waals surface area contributed by atoms with E-state index >= 15 is 0 Å². The second kappa shape index (κ2) is 8.06. The highest BCUT2D eigenvalue weighted by Crippen LogP contribution is 2.31. The summed E-state index contributed by atoms with van der Waals surface area (Å²) in [5, 5.41) is 5.60. The normalized spacial score (nSPS) is 14.6. The van der Waals surface area contributed by atoms with Crippen LogP contribution in [0.4, 0.5) is 11.4 Å². The lowest BCUT2D eigenvalue weighted by Crippen LogP contribution is -2.22. The van der Waals surface area contributed by atoms with Gasteiger partial charge in [-0.25, -0.2) is 0 Å². The first-order valence-electron chi connectivity index (χ1n) is 8.16. The molecule has 130 valence electrons. The van der Waals surface area contributed by atoms with E-state index in [2.05, 4.69) is 26.6 Å². The molecule has 1 saturated carbocycles. The molecule has 3 rings (SSSR count). The van der Waals surface area contributed by atoms with Crippen LogP contribution in [0.5, 0.6) is 0 Å². The predicted octanol–water partition coefficient (Wildman–Crippen LogP) is 4.92. The van der Waals surface area contributed by atoms with Crippen molar-refractivity contribution >= 4 is 50.9 Å². The number of hydrogen-bond acceptors (Lipinski definition) is 3. The lowest BCUT2D eigenvalue weighted by Gasteiger charge is -2.14. The molecule has 0 bridgehead atoms. The molecule has 2 N–H and O–H groups in total. The van der Waals surface area contributed by atoms with Crippen LogP contribution in [-0.4, -0.2) is 17.1 Å². The van der Waals surface area contributed by atoms with Gasteiger partial charge in [0, 0.05) is 21.0 Å². The van der Waals surface area contributed by atoms with Gasteiger partial charge in [0.05, 0.1) is 10.9 Å². The molecule has 0 aromatic heterocycles. The molecule has 1 fully saturated rings. The summed E-state index contributed by atoms with van der Waals surface area (Å²) in [5.41, 5.74) is 1.53. The lowest BCUT2D eigenvalue weighted by molar-refractivity contribution is -0.117. The van der Waals surface area contributed by atoms with Gasteiger partial charge in [0.15, 0.2) is 0 Å². The van der Waals surface area contributed by atoms with Crippen molar-refractivity contribution in [2.45, 2.75) is 29.9 Å². The number of thioether (sulfide) groups is 1.